The molecule has 138 valence electrons. The van der Waals surface area contributed by atoms with Crippen LogP contribution in [0.2, 0.25) is 0 Å². The van der Waals surface area contributed by atoms with Crippen LogP contribution in [0.15, 0.2) is 42.5 Å². The molecule has 0 aliphatic carbocycles. The minimum absolute atomic E-state index is 0.0668. The lowest BCUT2D eigenvalue weighted by molar-refractivity contribution is -0.385. The smallest absolute Gasteiger partial charge is 0.311 e. The summed E-state index contributed by atoms with van der Waals surface area (Å²) in [5, 5.41) is 11.0. The number of rotatable bonds is 6. The van der Waals surface area contributed by atoms with Gasteiger partial charge in [-0.2, -0.15) is 0 Å². The Morgan fingerprint density at radius 3 is 2.33 bits per heavy atom. The molecule has 3 rings (SSSR count). The quantitative estimate of drug-likeness (QED) is 0.255. The normalized spacial score (nSPS) is 12.9. The molecule has 8 nitrogen and oxygen atoms in total. The number of nitro benzene ring substituents is 1. The highest BCUT2D eigenvalue weighted by Crippen LogP contribution is 2.28. The summed E-state index contributed by atoms with van der Waals surface area (Å²) in [5.41, 5.74) is 1.12. The third-order valence-electron chi connectivity index (χ3n) is 4.18. The molecule has 0 fully saturated rings. The predicted molar refractivity (Wildman–Crippen MR) is 94.5 cm³/mol. The summed E-state index contributed by atoms with van der Waals surface area (Å²) in [5.74, 6) is -1.57. The van der Waals surface area contributed by atoms with Crippen LogP contribution in [0.4, 0.5) is 5.69 Å². The van der Waals surface area contributed by atoms with Gasteiger partial charge >= 0.3 is 11.7 Å². The topological polar surface area (TPSA) is 107 Å². The van der Waals surface area contributed by atoms with Gasteiger partial charge in [0.25, 0.3) is 11.8 Å². The molecule has 0 bridgehead atoms. The number of fused-ring (bicyclic) bond motifs is 1. The van der Waals surface area contributed by atoms with Gasteiger partial charge in [-0.15, -0.1) is 0 Å². The summed E-state index contributed by atoms with van der Waals surface area (Å²) in [6.45, 7) is 1.79. The number of esters is 1. The third-order valence-corrected chi connectivity index (χ3v) is 4.18. The van der Waals surface area contributed by atoms with Crippen molar-refractivity contribution in [3.63, 3.8) is 0 Å². The van der Waals surface area contributed by atoms with Crippen LogP contribution in [-0.4, -0.2) is 34.2 Å². The summed E-state index contributed by atoms with van der Waals surface area (Å²) in [6, 6.07) is 10.8. The van der Waals surface area contributed by atoms with E-state index < -0.39 is 22.7 Å². The number of hydrogen-bond acceptors (Lipinski definition) is 6. The van der Waals surface area contributed by atoms with Crippen molar-refractivity contribution >= 4 is 23.5 Å². The van der Waals surface area contributed by atoms with E-state index in [1.165, 1.54) is 12.1 Å². The molecule has 0 saturated carbocycles. The number of nitrogens with zero attached hydrogens (tertiary/aromatic N) is 2. The Balaban J connectivity index is 1.59. The second-order valence-corrected chi connectivity index (χ2v) is 6.11. The molecule has 1 aliphatic heterocycles. The summed E-state index contributed by atoms with van der Waals surface area (Å²) < 4.78 is 5.10. The van der Waals surface area contributed by atoms with Crippen molar-refractivity contribution in [3.05, 3.63) is 69.3 Å². The monoisotopic (exact) mass is 368 g/mol. The molecular formula is C19H16N2O6. The zero-order valence-corrected chi connectivity index (χ0v) is 14.5. The molecule has 27 heavy (non-hydrogen) atoms. The van der Waals surface area contributed by atoms with Gasteiger partial charge in [0.15, 0.2) is 0 Å². The maximum atomic E-state index is 12.2. The summed E-state index contributed by atoms with van der Waals surface area (Å²) in [7, 11) is 0. The summed E-state index contributed by atoms with van der Waals surface area (Å²) >= 11 is 0. The second-order valence-electron chi connectivity index (χ2n) is 6.11. The Kier molecular flexibility index (Phi) is 4.98. The molecule has 0 radical (unpaired) electrons. The first-order valence-corrected chi connectivity index (χ1v) is 8.29. The summed E-state index contributed by atoms with van der Waals surface area (Å²) in [6.07, 6.45) is 0.114. The fraction of sp³-hybridized carbons (Fsp3) is 0.211. The number of hydrogen-bond donors (Lipinski definition) is 0. The van der Waals surface area contributed by atoms with E-state index in [9.17, 15) is 24.5 Å². The Hall–Kier alpha value is -3.55. The first kappa shape index (κ1) is 18.2. The van der Waals surface area contributed by atoms with Crippen LogP contribution in [0.5, 0.6) is 5.75 Å². The molecule has 2 aromatic carbocycles. The van der Waals surface area contributed by atoms with Gasteiger partial charge in [-0.25, -0.2) is 0 Å². The number of ether oxygens (including phenoxy) is 1. The van der Waals surface area contributed by atoms with E-state index in [1.54, 1.807) is 37.3 Å². The van der Waals surface area contributed by atoms with Crippen molar-refractivity contribution in [2.24, 2.45) is 0 Å². The zero-order chi connectivity index (χ0) is 19.6. The lowest BCUT2D eigenvalue weighted by Crippen LogP contribution is -2.31. The molecule has 0 spiro atoms. The van der Waals surface area contributed by atoms with Gasteiger partial charge in [-0.3, -0.25) is 29.4 Å². The molecule has 0 atom stereocenters. The Bertz CT molecular complexity index is 918. The largest absolute Gasteiger partial charge is 0.419 e. The van der Waals surface area contributed by atoms with Crippen molar-refractivity contribution in [3.8, 4) is 5.75 Å². The highest BCUT2D eigenvalue weighted by Gasteiger charge is 2.34. The van der Waals surface area contributed by atoms with Gasteiger partial charge in [0.05, 0.1) is 16.1 Å². The van der Waals surface area contributed by atoms with Crippen molar-refractivity contribution in [2.45, 2.75) is 19.8 Å². The van der Waals surface area contributed by atoms with Crippen LogP contribution in [0.1, 0.15) is 39.1 Å². The van der Waals surface area contributed by atoms with Crippen molar-refractivity contribution < 1.29 is 24.0 Å². The average molecular weight is 368 g/mol. The van der Waals surface area contributed by atoms with Gasteiger partial charge in [-0.1, -0.05) is 18.2 Å². The average Bonchev–Trinajstić information content (AvgIpc) is 2.87. The molecule has 0 saturated heterocycles. The molecule has 1 aliphatic rings. The molecule has 2 amide bonds. The van der Waals surface area contributed by atoms with Crippen molar-refractivity contribution in [1.29, 1.82) is 0 Å². The van der Waals surface area contributed by atoms with Crippen LogP contribution >= 0.6 is 0 Å². The third kappa shape index (κ3) is 3.69. The van der Waals surface area contributed by atoms with Gasteiger partial charge < -0.3 is 4.74 Å². The second kappa shape index (κ2) is 7.36. The lowest BCUT2D eigenvalue weighted by atomic mass is 10.1. The molecule has 0 unspecified atom stereocenters. The van der Waals surface area contributed by atoms with Gasteiger partial charge in [0.2, 0.25) is 5.75 Å². The minimum atomic E-state index is -0.666. The van der Waals surface area contributed by atoms with Crippen LogP contribution in [0.3, 0.4) is 0 Å². The lowest BCUT2D eigenvalue weighted by Gasteiger charge is -2.13. The van der Waals surface area contributed by atoms with Gasteiger partial charge in [0, 0.05) is 19.0 Å². The fourth-order valence-corrected chi connectivity index (χ4v) is 2.85. The molecular weight excluding hydrogens is 352 g/mol. The van der Waals surface area contributed by atoms with Gasteiger partial charge in [-0.05, 0) is 37.1 Å². The highest BCUT2D eigenvalue weighted by atomic mass is 16.6. The molecule has 1 heterocycles. The van der Waals surface area contributed by atoms with E-state index in [-0.39, 0.29) is 30.8 Å². The Morgan fingerprint density at radius 2 is 1.74 bits per heavy atom. The Labute approximate surface area is 154 Å². The fourth-order valence-electron chi connectivity index (χ4n) is 2.85. The first-order valence-electron chi connectivity index (χ1n) is 8.29. The maximum Gasteiger partial charge on any atom is 0.311 e. The molecule has 8 heteroatoms. The van der Waals surface area contributed by atoms with E-state index >= 15 is 0 Å². The SMILES string of the molecule is Cc1ccc([N+](=O)[O-])c(OC(=O)CCCN2C(=O)c3ccccc3C2=O)c1. The van der Waals surface area contributed by atoms with Crippen molar-refractivity contribution in [1.82, 2.24) is 4.90 Å². The number of nitro groups is 1. The summed E-state index contributed by atoms with van der Waals surface area (Å²) in [4.78, 5) is 48.0. The molecule has 0 N–H and O–H groups in total. The van der Waals surface area contributed by atoms with E-state index in [4.69, 9.17) is 4.74 Å². The van der Waals surface area contributed by atoms with Gasteiger partial charge in [0.1, 0.15) is 0 Å². The number of imide groups is 1. The molecule has 2 aromatic rings. The number of amides is 2. The number of aryl methyl sites for hydroxylation is 1. The van der Waals surface area contributed by atoms with E-state index in [2.05, 4.69) is 0 Å². The molecule has 0 aromatic heterocycles. The van der Waals surface area contributed by atoms with Crippen LogP contribution in [0, 0.1) is 17.0 Å². The zero-order valence-electron chi connectivity index (χ0n) is 14.5. The Morgan fingerprint density at radius 1 is 1.11 bits per heavy atom. The maximum absolute atomic E-state index is 12.2. The predicted octanol–water partition coefficient (Wildman–Crippen LogP) is 2.89. The minimum Gasteiger partial charge on any atom is -0.419 e. The van der Waals surface area contributed by atoms with Crippen molar-refractivity contribution in [2.75, 3.05) is 6.54 Å². The first-order chi connectivity index (χ1) is 12.9. The van der Waals surface area contributed by atoms with E-state index in [0.29, 0.717) is 11.1 Å². The number of benzene rings is 2. The standard InChI is InChI=1S/C19H16N2O6/c1-12-8-9-15(21(25)26)16(11-12)27-17(22)7-4-10-20-18(23)13-5-2-3-6-14(13)19(20)24/h2-3,5-6,8-9,11H,4,7,10H2,1H3. The highest BCUT2D eigenvalue weighted by molar-refractivity contribution is 6.21. The number of carbonyl (C=O) groups excluding carboxylic acids is 3. The number of carbonyl (C=O) groups is 3. The van der Waals surface area contributed by atoms with E-state index in [0.717, 1.165) is 10.5 Å². The van der Waals surface area contributed by atoms with E-state index in [1.807, 2.05) is 0 Å². The van der Waals surface area contributed by atoms with Crippen LogP contribution in [-0.2, 0) is 4.79 Å². The van der Waals surface area contributed by atoms with Crippen LogP contribution in [0.25, 0.3) is 0 Å². The van der Waals surface area contributed by atoms with Crippen LogP contribution < -0.4 is 4.74 Å².